The van der Waals surface area contributed by atoms with Crippen LogP contribution in [-0.4, -0.2) is 23.9 Å². The maximum Gasteiger partial charge on any atom is 0.191 e. The van der Waals surface area contributed by atoms with E-state index >= 15 is 0 Å². The molecule has 5 heteroatoms. The second-order valence-electron chi connectivity index (χ2n) is 7.03. The molecule has 2 N–H and O–H groups in total. The van der Waals surface area contributed by atoms with E-state index in [2.05, 4.69) is 45.0 Å². The number of aryl methyl sites for hydroxylation is 1. The molecule has 3 rings (SSSR count). The fourth-order valence-corrected chi connectivity index (χ4v) is 3.46. The first-order valence-electron chi connectivity index (χ1n) is 9.66. The summed E-state index contributed by atoms with van der Waals surface area (Å²) in [6.45, 7) is 6.36. The van der Waals surface area contributed by atoms with E-state index < -0.39 is 0 Å². The van der Waals surface area contributed by atoms with Crippen molar-refractivity contribution >= 4 is 34.4 Å². The number of nitrogens with zero attached hydrogens (tertiary/aromatic N) is 2. The highest BCUT2D eigenvalue weighted by Crippen LogP contribution is 2.20. The van der Waals surface area contributed by atoms with E-state index in [1.54, 1.807) is 0 Å². The van der Waals surface area contributed by atoms with Crippen LogP contribution in [0.5, 0.6) is 0 Å². The van der Waals surface area contributed by atoms with Crippen molar-refractivity contribution in [3.63, 3.8) is 0 Å². The Bertz CT molecular complexity index is 790. The zero-order valence-electron chi connectivity index (χ0n) is 16.2. The van der Waals surface area contributed by atoms with Crippen LogP contribution in [0.3, 0.4) is 0 Å². The highest BCUT2D eigenvalue weighted by Gasteiger charge is 2.10. The van der Waals surface area contributed by atoms with Gasteiger partial charge in [-0.05, 0) is 68.2 Å². The summed E-state index contributed by atoms with van der Waals surface area (Å²) >= 11 is 5.35. The van der Waals surface area contributed by atoms with Crippen LogP contribution < -0.4 is 15.6 Å². The van der Waals surface area contributed by atoms with Crippen molar-refractivity contribution in [3.05, 3.63) is 59.7 Å². The Balaban J connectivity index is 1.58. The number of benzene rings is 2. The lowest BCUT2D eigenvalue weighted by atomic mass is 10.1. The summed E-state index contributed by atoms with van der Waals surface area (Å²) in [7, 11) is 0. The second kappa shape index (κ2) is 9.51. The molecule has 1 aliphatic rings. The molecule has 142 valence electrons. The summed E-state index contributed by atoms with van der Waals surface area (Å²) in [6, 6.07) is 16.7. The summed E-state index contributed by atoms with van der Waals surface area (Å²) in [5, 5.41) is 8.10. The minimum absolute atomic E-state index is 0.491. The number of hydrogen-bond acceptors (Lipinski definition) is 3. The molecule has 27 heavy (non-hydrogen) atoms. The molecule has 2 aromatic rings. The molecule has 0 spiro atoms. The number of anilines is 2. The molecule has 0 atom stereocenters. The summed E-state index contributed by atoms with van der Waals surface area (Å²) in [5.74, 6) is 0. The molecule has 0 unspecified atom stereocenters. The van der Waals surface area contributed by atoms with Crippen LogP contribution in [-0.2, 0) is 0 Å². The monoisotopic (exact) mass is 380 g/mol. The van der Waals surface area contributed by atoms with Crippen LogP contribution in [0.15, 0.2) is 53.6 Å². The van der Waals surface area contributed by atoms with Gasteiger partial charge in [-0.15, -0.1) is 0 Å². The number of hydrogen-bond donors (Lipinski definition) is 2. The number of thiocarbonyl (C=S) groups is 1. The van der Waals surface area contributed by atoms with Crippen molar-refractivity contribution in [2.45, 2.75) is 39.5 Å². The maximum atomic E-state index is 5.35. The third-order valence-electron chi connectivity index (χ3n) is 4.97. The van der Waals surface area contributed by atoms with Gasteiger partial charge in [-0.2, -0.15) is 5.10 Å². The molecule has 2 aromatic carbocycles. The van der Waals surface area contributed by atoms with E-state index in [9.17, 15) is 0 Å². The van der Waals surface area contributed by atoms with E-state index in [4.69, 9.17) is 12.2 Å². The van der Waals surface area contributed by atoms with Gasteiger partial charge in [0.05, 0.1) is 5.71 Å². The molecule has 0 saturated carbocycles. The fraction of sp³-hybridized carbons (Fsp3) is 0.364. The number of hydrazone groups is 1. The van der Waals surface area contributed by atoms with Gasteiger partial charge < -0.3 is 10.2 Å². The molecule has 0 bridgehead atoms. The second-order valence-corrected chi connectivity index (χ2v) is 7.43. The highest BCUT2D eigenvalue weighted by atomic mass is 32.1. The van der Waals surface area contributed by atoms with Crippen LogP contribution in [0.2, 0.25) is 0 Å². The van der Waals surface area contributed by atoms with Crippen molar-refractivity contribution in [1.82, 2.24) is 5.43 Å². The minimum atomic E-state index is 0.491. The van der Waals surface area contributed by atoms with Crippen molar-refractivity contribution in [1.29, 1.82) is 0 Å². The van der Waals surface area contributed by atoms with Gasteiger partial charge in [-0.3, -0.25) is 5.43 Å². The van der Waals surface area contributed by atoms with Crippen molar-refractivity contribution in [2.24, 2.45) is 5.10 Å². The van der Waals surface area contributed by atoms with E-state index in [0.717, 1.165) is 35.6 Å². The summed E-state index contributed by atoms with van der Waals surface area (Å²) in [5.41, 5.74) is 8.39. The van der Waals surface area contributed by atoms with Gasteiger partial charge >= 0.3 is 0 Å². The molecule has 1 saturated heterocycles. The SMILES string of the molecule is C/C(=N/NC(=S)Nc1ccccc1C)c1ccc(N2CCCCCC2)cc1. The average molecular weight is 381 g/mol. The summed E-state index contributed by atoms with van der Waals surface area (Å²) in [6.07, 6.45) is 5.28. The van der Waals surface area contributed by atoms with Crippen molar-refractivity contribution in [3.8, 4) is 0 Å². The predicted octanol–water partition coefficient (Wildman–Crippen LogP) is 5.09. The van der Waals surface area contributed by atoms with E-state index in [1.165, 1.54) is 31.4 Å². The zero-order chi connectivity index (χ0) is 19.1. The molecule has 1 heterocycles. The zero-order valence-corrected chi connectivity index (χ0v) is 17.0. The van der Waals surface area contributed by atoms with Crippen LogP contribution in [0, 0.1) is 6.92 Å². The summed E-state index contributed by atoms with van der Waals surface area (Å²) < 4.78 is 0. The quantitative estimate of drug-likeness (QED) is 0.440. The largest absolute Gasteiger partial charge is 0.372 e. The van der Waals surface area contributed by atoms with Crippen LogP contribution >= 0.6 is 12.2 Å². The Hall–Kier alpha value is -2.40. The molecule has 0 aliphatic carbocycles. The molecular weight excluding hydrogens is 352 g/mol. The lowest BCUT2D eigenvalue weighted by Crippen LogP contribution is -2.25. The Morgan fingerprint density at radius 2 is 1.63 bits per heavy atom. The standard InChI is InChI=1S/C22H28N4S/c1-17-9-5-6-10-21(17)23-22(27)25-24-18(2)19-11-13-20(14-12-19)26-15-7-3-4-8-16-26/h5-6,9-14H,3-4,7-8,15-16H2,1-2H3,(H2,23,25,27)/b24-18-. The normalized spacial score (nSPS) is 15.2. The van der Waals surface area contributed by atoms with Gasteiger partial charge in [0.25, 0.3) is 0 Å². The lowest BCUT2D eigenvalue weighted by Gasteiger charge is -2.22. The molecular formula is C22H28N4S. The highest BCUT2D eigenvalue weighted by molar-refractivity contribution is 7.80. The maximum absolute atomic E-state index is 5.35. The van der Waals surface area contributed by atoms with Gasteiger partial charge in [0.2, 0.25) is 0 Å². The number of para-hydroxylation sites is 1. The predicted molar refractivity (Wildman–Crippen MR) is 120 cm³/mol. The van der Waals surface area contributed by atoms with E-state index in [-0.39, 0.29) is 0 Å². The number of rotatable bonds is 4. The van der Waals surface area contributed by atoms with Gasteiger partial charge in [0, 0.05) is 24.5 Å². The average Bonchev–Trinajstić information content (AvgIpc) is 2.97. The third kappa shape index (κ3) is 5.54. The molecule has 0 amide bonds. The molecule has 0 radical (unpaired) electrons. The van der Waals surface area contributed by atoms with E-state index in [0.29, 0.717) is 5.11 Å². The molecule has 1 fully saturated rings. The lowest BCUT2D eigenvalue weighted by molar-refractivity contribution is 0.726. The molecule has 4 nitrogen and oxygen atoms in total. The first kappa shape index (κ1) is 19.4. The topological polar surface area (TPSA) is 39.7 Å². The van der Waals surface area contributed by atoms with Crippen molar-refractivity contribution < 1.29 is 0 Å². The first-order chi connectivity index (χ1) is 13.1. The minimum Gasteiger partial charge on any atom is -0.372 e. The first-order valence-corrected chi connectivity index (χ1v) is 10.1. The Morgan fingerprint density at radius 1 is 0.963 bits per heavy atom. The van der Waals surface area contributed by atoms with Crippen molar-refractivity contribution in [2.75, 3.05) is 23.3 Å². The van der Waals surface area contributed by atoms with Gasteiger partial charge in [0.15, 0.2) is 5.11 Å². The van der Waals surface area contributed by atoms with Gasteiger partial charge in [-0.1, -0.05) is 43.2 Å². The van der Waals surface area contributed by atoms with Gasteiger partial charge in [-0.25, -0.2) is 0 Å². The van der Waals surface area contributed by atoms with Crippen LogP contribution in [0.4, 0.5) is 11.4 Å². The number of nitrogens with one attached hydrogen (secondary N) is 2. The Kier molecular flexibility index (Phi) is 6.82. The smallest absolute Gasteiger partial charge is 0.191 e. The van der Waals surface area contributed by atoms with Crippen LogP contribution in [0.25, 0.3) is 0 Å². The molecule has 0 aromatic heterocycles. The Labute approximate surface area is 167 Å². The Morgan fingerprint density at radius 3 is 2.30 bits per heavy atom. The third-order valence-corrected chi connectivity index (χ3v) is 5.17. The molecule has 1 aliphatic heterocycles. The van der Waals surface area contributed by atoms with Crippen LogP contribution in [0.1, 0.15) is 43.7 Å². The summed E-state index contributed by atoms with van der Waals surface area (Å²) in [4.78, 5) is 2.49. The van der Waals surface area contributed by atoms with Gasteiger partial charge in [0.1, 0.15) is 0 Å². The van der Waals surface area contributed by atoms with E-state index in [1.807, 2.05) is 38.1 Å². The fourth-order valence-electron chi connectivity index (χ4n) is 3.30.